The first-order valence-corrected chi connectivity index (χ1v) is 6.69. The predicted molar refractivity (Wildman–Crippen MR) is 75.2 cm³/mol. The normalized spacial score (nSPS) is 11.1. The summed E-state index contributed by atoms with van der Waals surface area (Å²) in [4.78, 5) is 15.8. The van der Waals surface area contributed by atoms with Crippen molar-refractivity contribution < 1.29 is 18.8 Å². The van der Waals surface area contributed by atoms with Gasteiger partial charge in [0.25, 0.3) is 5.71 Å². The Morgan fingerprint density at radius 1 is 1.38 bits per heavy atom. The Morgan fingerprint density at radius 3 is 2.81 bits per heavy atom. The minimum Gasteiger partial charge on any atom is -0.478 e. The highest BCUT2D eigenvalue weighted by Crippen LogP contribution is 2.28. The van der Waals surface area contributed by atoms with Gasteiger partial charge in [0, 0.05) is 0 Å². The molecule has 3 aromatic rings. The lowest BCUT2D eigenvalue weighted by atomic mass is 10.1. The second-order valence-corrected chi connectivity index (χ2v) is 4.83. The Kier molecular flexibility index (Phi) is 3.21. The van der Waals surface area contributed by atoms with Crippen LogP contribution in [0.5, 0.6) is 0 Å². The lowest BCUT2D eigenvalue weighted by Gasteiger charge is -2.01. The summed E-state index contributed by atoms with van der Waals surface area (Å²) in [7, 11) is 0. The van der Waals surface area contributed by atoms with Crippen molar-refractivity contribution in [2.75, 3.05) is 0 Å². The molecule has 0 spiro atoms. The Labute approximate surface area is 120 Å². The van der Waals surface area contributed by atoms with Gasteiger partial charge in [-0.1, -0.05) is 18.5 Å². The molecular weight excluding hydrogens is 272 g/mol. The summed E-state index contributed by atoms with van der Waals surface area (Å²) in [6, 6.07) is 5.04. The van der Waals surface area contributed by atoms with Crippen LogP contribution >= 0.6 is 0 Å². The number of rotatable bonds is 4. The lowest BCUT2D eigenvalue weighted by molar-refractivity contribution is 0.0699. The van der Waals surface area contributed by atoms with Gasteiger partial charge in [0.2, 0.25) is 0 Å². The summed E-state index contributed by atoms with van der Waals surface area (Å²) in [5.74, 6) is 0.200. The zero-order chi connectivity index (χ0) is 15.0. The van der Waals surface area contributed by atoms with E-state index >= 15 is 0 Å². The lowest BCUT2D eigenvalue weighted by Crippen LogP contribution is -2.00. The van der Waals surface area contributed by atoms with E-state index in [1.807, 2.05) is 13.8 Å². The minimum atomic E-state index is -1.03. The highest BCUT2D eigenvalue weighted by Gasteiger charge is 2.21. The Balaban J connectivity index is 2.24. The van der Waals surface area contributed by atoms with Gasteiger partial charge in [0.05, 0.1) is 16.6 Å². The van der Waals surface area contributed by atoms with Crippen LogP contribution in [0.1, 0.15) is 35.2 Å². The van der Waals surface area contributed by atoms with Crippen molar-refractivity contribution in [2.45, 2.75) is 26.7 Å². The highest BCUT2D eigenvalue weighted by molar-refractivity contribution is 6.03. The van der Waals surface area contributed by atoms with Crippen molar-refractivity contribution in [1.29, 1.82) is 0 Å². The number of aromatic nitrogens is 2. The Morgan fingerprint density at radius 2 is 2.19 bits per heavy atom. The van der Waals surface area contributed by atoms with E-state index in [9.17, 15) is 9.90 Å². The van der Waals surface area contributed by atoms with Crippen LogP contribution in [-0.4, -0.2) is 21.2 Å². The second-order valence-electron chi connectivity index (χ2n) is 4.83. The molecule has 0 amide bonds. The van der Waals surface area contributed by atoms with Crippen molar-refractivity contribution in [3.05, 3.63) is 35.2 Å². The van der Waals surface area contributed by atoms with E-state index in [0.717, 1.165) is 12.2 Å². The maximum Gasteiger partial charge on any atom is 0.336 e. The van der Waals surface area contributed by atoms with Crippen LogP contribution < -0.4 is 0 Å². The number of furan rings is 1. The Hall–Kier alpha value is -2.63. The maximum absolute atomic E-state index is 11.5. The third-order valence-electron chi connectivity index (χ3n) is 3.23. The molecule has 0 aliphatic heterocycles. The first-order chi connectivity index (χ1) is 10.1. The van der Waals surface area contributed by atoms with Gasteiger partial charge in [-0.3, -0.25) is 0 Å². The maximum atomic E-state index is 11.5. The molecule has 0 aromatic carbocycles. The van der Waals surface area contributed by atoms with E-state index in [1.54, 1.807) is 12.1 Å². The summed E-state index contributed by atoms with van der Waals surface area (Å²) >= 11 is 0. The fraction of sp³-hybridized carbons (Fsp3) is 0.267. The third-order valence-corrected chi connectivity index (χ3v) is 3.23. The molecule has 1 N–H and O–H groups in total. The zero-order valence-corrected chi connectivity index (χ0v) is 11.7. The first kappa shape index (κ1) is 13.4. The number of carboxylic acid groups (broad SMARTS) is 1. The minimum absolute atomic E-state index is 0.133. The van der Waals surface area contributed by atoms with E-state index in [2.05, 4.69) is 10.1 Å². The van der Waals surface area contributed by atoms with E-state index in [0.29, 0.717) is 29.0 Å². The number of carbonyl (C=O) groups is 1. The third kappa shape index (κ3) is 2.29. The number of aryl methyl sites for hydroxylation is 2. The van der Waals surface area contributed by atoms with Crippen LogP contribution in [0.15, 0.2) is 27.1 Å². The predicted octanol–water partition coefficient (Wildman–Crippen LogP) is 3.44. The number of nitrogens with zero attached hydrogens (tertiary/aromatic N) is 2. The van der Waals surface area contributed by atoms with Gasteiger partial charge < -0.3 is 14.0 Å². The zero-order valence-electron chi connectivity index (χ0n) is 11.7. The summed E-state index contributed by atoms with van der Waals surface area (Å²) in [6.45, 7) is 3.81. The SMILES string of the molecule is CCCc1noc2nc(-c3ccc(C)o3)cc(C(=O)O)c12. The standard InChI is InChI=1S/C15H14N2O4/c1-3-4-10-13-9(15(18)19)7-11(16-14(13)21-17-10)12-6-5-8(2)20-12/h5-7H,3-4H2,1-2H3,(H,18,19). The molecule has 0 saturated heterocycles. The van der Waals surface area contributed by atoms with Crippen LogP contribution in [0.3, 0.4) is 0 Å². The molecule has 0 unspecified atom stereocenters. The molecular formula is C15H14N2O4. The highest BCUT2D eigenvalue weighted by atomic mass is 16.5. The van der Waals surface area contributed by atoms with Crippen LogP contribution in [0.25, 0.3) is 22.6 Å². The van der Waals surface area contributed by atoms with Crippen molar-refractivity contribution in [2.24, 2.45) is 0 Å². The van der Waals surface area contributed by atoms with Crippen LogP contribution in [0.4, 0.5) is 0 Å². The van der Waals surface area contributed by atoms with E-state index in [1.165, 1.54) is 6.07 Å². The molecule has 3 aromatic heterocycles. The van der Waals surface area contributed by atoms with E-state index < -0.39 is 5.97 Å². The molecule has 0 atom stereocenters. The van der Waals surface area contributed by atoms with Gasteiger partial charge in [-0.15, -0.1) is 0 Å². The van der Waals surface area contributed by atoms with Crippen LogP contribution in [0, 0.1) is 6.92 Å². The van der Waals surface area contributed by atoms with Gasteiger partial charge >= 0.3 is 5.97 Å². The fourth-order valence-corrected chi connectivity index (χ4v) is 2.29. The number of hydrogen-bond donors (Lipinski definition) is 1. The molecule has 0 aliphatic rings. The van der Waals surface area contributed by atoms with Gasteiger partial charge in [-0.25, -0.2) is 9.78 Å². The van der Waals surface area contributed by atoms with Gasteiger partial charge in [0.1, 0.15) is 11.5 Å². The van der Waals surface area contributed by atoms with Gasteiger partial charge in [-0.05, 0) is 31.5 Å². The number of carboxylic acids is 1. The van der Waals surface area contributed by atoms with E-state index in [-0.39, 0.29) is 11.3 Å². The molecule has 0 aliphatic carbocycles. The number of fused-ring (bicyclic) bond motifs is 1. The molecule has 108 valence electrons. The fourth-order valence-electron chi connectivity index (χ4n) is 2.29. The summed E-state index contributed by atoms with van der Waals surface area (Å²) in [5.41, 5.74) is 1.41. The van der Waals surface area contributed by atoms with Gasteiger partial charge in [-0.2, -0.15) is 0 Å². The van der Waals surface area contributed by atoms with Crippen molar-refractivity contribution in [1.82, 2.24) is 10.1 Å². The van der Waals surface area contributed by atoms with E-state index in [4.69, 9.17) is 8.94 Å². The monoisotopic (exact) mass is 286 g/mol. The number of hydrogen-bond acceptors (Lipinski definition) is 5. The van der Waals surface area contributed by atoms with Crippen molar-refractivity contribution >= 4 is 17.1 Å². The summed E-state index contributed by atoms with van der Waals surface area (Å²) in [6.07, 6.45) is 1.49. The summed E-state index contributed by atoms with van der Waals surface area (Å²) < 4.78 is 10.7. The molecule has 21 heavy (non-hydrogen) atoms. The molecule has 0 radical (unpaired) electrons. The molecule has 3 heterocycles. The molecule has 0 bridgehead atoms. The number of aromatic carboxylic acids is 1. The van der Waals surface area contributed by atoms with Crippen molar-refractivity contribution in [3.8, 4) is 11.5 Å². The molecule has 6 heteroatoms. The topological polar surface area (TPSA) is 89.4 Å². The molecule has 0 fully saturated rings. The second kappa shape index (κ2) is 5.05. The first-order valence-electron chi connectivity index (χ1n) is 6.69. The molecule has 0 saturated carbocycles. The van der Waals surface area contributed by atoms with Crippen LogP contribution in [-0.2, 0) is 6.42 Å². The Bertz CT molecular complexity index is 816. The van der Waals surface area contributed by atoms with Crippen molar-refractivity contribution in [3.63, 3.8) is 0 Å². The average molecular weight is 286 g/mol. The number of pyridine rings is 1. The largest absolute Gasteiger partial charge is 0.478 e. The average Bonchev–Trinajstić information content (AvgIpc) is 3.05. The summed E-state index contributed by atoms with van der Waals surface area (Å²) in [5, 5.41) is 13.8. The van der Waals surface area contributed by atoms with Crippen LogP contribution in [0.2, 0.25) is 0 Å². The van der Waals surface area contributed by atoms with Gasteiger partial charge in [0.15, 0.2) is 5.76 Å². The quantitative estimate of drug-likeness (QED) is 0.790. The molecule has 3 rings (SSSR count). The smallest absolute Gasteiger partial charge is 0.336 e. The molecule has 6 nitrogen and oxygen atoms in total.